The number of nitrogens with zero attached hydrogens (tertiary/aromatic N) is 5. The van der Waals surface area contributed by atoms with E-state index in [1.807, 2.05) is 40.7 Å². The van der Waals surface area contributed by atoms with E-state index in [0.717, 1.165) is 37.9 Å². The van der Waals surface area contributed by atoms with Crippen molar-refractivity contribution in [3.63, 3.8) is 0 Å². The first-order valence-corrected chi connectivity index (χ1v) is 11.2. The van der Waals surface area contributed by atoms with Crippen molar-refractivity contribution in [2.75, 3.05) is 0 Å². The molecule has 1 aliphatic carbocycles. The zero-order valence-electron chi connectivity index (χ0n) is 19.2. The summed E-state index contributed by atoms with van der Waals surface area (Å²) in [6.45, 7) is 9.66. The molecular weight excluding hydrogens is 396 g/mol. The molecule has 9 heteroatoms. The van der Waals surface area contributed by atoms with Crippen molar-refractivity contribution in [3.05, 3.63) is 17.9 Å². The summed E-state index contributed by atoms with van der Waals surface area (Å²) in [7, 11) is 0. The molecule has 0 aliphatic heterocycles. The third-order valence-electron chi connectivity index (χ3n) is 5.40. The van der Waals surface area contributed by atoms with Crippen molar-refractivity contribution >= 4 is 11.8 Å². The molecule has 2 amide bonds. The van der Waals surface area contributed by atoms with Crippen LogP contribution in [0.4, 0.5) is 0 Å². The summed E-state index contributed by atoms with van der Waals surface area (Å²) in [6, 6.07) is 3.16. The van der Waals surface area contributed by atoms with Gasteiger partial charge in [-0.15, -0.1) is 10.2 Å². The highest BCUT2D eigenvalue weighted by Crippen LogP contribution is 2.27. The molecule has 2 aromatic rings. The molecule has 31 heavy (non-hydrogen) atoms. The van der Waals surface area contributed by atoms with Crippen LogP contribution in [0.1, 0.15) is 72.0 Å². The Bertz CT molecular complexity index is 891. The summed E-state index contributed by atoms with van der Waals surface area (Å²) in [4.78, 5) is 29.6. The van der Waals surface area contributed by atoms with Crippen molar-refractivity contribution < 1.29 is 14.0 Å². The number of furan rings is 1. The maximum absolute atomic E-state index is 13.4. The van der Waals surface area contributed by atoms with Gasteiger partial charge in [0.25, 0.3) is 0 Å². The van der Waals surface area contributed by atoms with Gasteiger partial charge in [0, 0.05) is 11.6 Å². The molecule has 0 bridgehead atoms. The molecule has 1 fully saturated rings. The Morgan fingerprint density at radius 2 is 2.00 bits per heavy atom. The Morgan fingerprint density at radius 3 is 2.58 bits per heavy atom. The van der Waals surface area contributed by atoms with Crippen LogP contribution in [0.15, 0.2) is 16.5 Å². The standard InChI is InChI=1S/C22H34N6O3/c1-6-9-17(21(30)23-22(3,4)5)28(16-10-7-8-11-16)19(29)14-27-25-20(24-26-27)18-13-12-15(2)31-18/h12-13,16-17H,6-11,14H2,1-5H3,(H,23,30). The summed E-state index contributed by atoms with van der Waals surface area (Å²) in [5.74, 6) is 1.34. The molecular formula is C22H34N6O3. The fourth-order valence-electron chi connectivity index (χ4n) is 4.10. The number of aromatic nitrogens is 4. The molecule has 2 aromatic heterocycles. The highest BCUT2D eigenvalue weighted by molar-refractivity contribution is 5.88. The predicted octanol–water partition coefficient (Wildman–Crippen LogP) is 3.10. The van der Waals surface area contributed by atoms with Crippen LogP contribution in [-0.4, -0.2) is 54.5 Å². The molecule has 1 saturated carbocycles. The Morgan fingerprint density at radius 1 is 1.29 bits per heavy atom. The quantitative estimate of drug-likeness (QED) is 0.690. The van der Waals surface area contributed by atoms with Crippen LogP contribution >= 0.6 is 0 Å². The number of hydrogen-bond donors (Lipinski definition) is 1. The highest BCUT2D eigenvalue weighted by Gasteiger charge is 2.37. The van der Waals surface area contributed by atoms with E-state index < -0.39 is 6.04 Å². The second kappa shape index (κ2) is 9.62. The van der Waals surface area contributed by atoms with E-state index in [0.29, 0.717) is 18.0 Å². The summed E-state index contributed by atoms with van der Waals surface area (Å²) in [5, 5.41) is 15.4. The number of rotatable bonds is 8. The van der Waals surface area contributed by atoms with Crippen LogP contribution in [-0.2, 0) is 16.1 Å². The first kappa shape index (κ1) is 23.0. The van der Waals surface area contributed by atoms with Crippen LogP contribution in [0.2, 0.25) is 0 Å². The number of aryl methyl sites for hydroxylation is 1. The largest absolute Gasteiger partial charge is 0.458 e. The fourth-order valence-corrected chi connectivity index (χ4v) is 4.10. The molecule has 1 unspecified atom stereocenters. The van der Waals surface area contributed by atoms with Crippen LogP contribution in [0.3, 0.4) is 0 Å². The third kappa shape index (κ3) is 5.92. The van der Waals surface area contributed by atoms with E-state index in [1.54, 1.807) is 11.0 Å². The van der Waals surface area contributed by atoms with Gasteiger partial charge in [0.2, 0.25) is 17.6 Å². The minimum absolute atomic E-state index is 0.0606. The molecule has 1 N–H and O–H groups in total. The number of carbonyl (C=O) groups is 2. The summed E-state index contributed by atoms with van der Waals surface area (Å²) in [5.41, 5.74) is -0.364. The summed E-state index contributed by atoms with van der Waals surface area (Å²) in [6.07, 6.45) is 5.39. The maximum Gasteiger partial charge on any atom is 0.247 e. The zero-order chi connectivity index (χ0) is 22.6. The molecule has 0 radical (unpaired) electrons. The van der Waals surface area contributed by atoms with E-state index in [-0.39, 0.29) is 29.9 Å². The van der Waals surface area contributed by atoms with Gasteiger partial charge in [-0.1, -0.05) is 26.2 Å². The molecule has 170 valence electrons. The van der Waals surface area contributed by atoms with Gasteiger partial charge in [-0.05, 0) is 64.3 Å². The Balaban J connectivity index is 1.81. The van der Waals surface area contributed by atoms with E-state index in [1.165, 1.54) is 4.80 Å². The Labute approximate surface area is 183 Å². The molecule has 0 saturated heterocycles. The second-order valence-electron chi connectivity index (χ2n) is 9.34. The lowest BCUT2D eigenvalue weighted by atomic mass is 10.0. The highest BCUT2D eigenvalue weighted by atomic mass is 16.3. The van der Waals surface area contributed by atoms with Gasteiger partial charge >= 0.3 is 0 Å². The average molecular weight is 431 g/mol. The van der Waals surface area contributed by atoms with Crippen LogP contribution in [0, 0.1) is 6.92 Å². The SMILES string of the molecule is CCCC(C(=O)NC(C)(C)C)N(C(=O)Cn1nnc(-c2ccc(C)o2)n1)C1CCCC1. The van der Waals surface area contributed by atoms with Crippen LogP contribution < -0.4 is 5.32 Å². The molecule has 1 atom stereocenters. The first-order valence-electron chi connectivity index (χ1n) is 11.2. The lowest BCUT2D eigenvalue weighted by molar-refractivity contribution is -0.145. The van der Waals surface area contributed by atoms with E-state index >= 15 is 0 Å². The number of nitrogens with one attached hydrogen (secondary N) is 1. The van der Waals surface area contributed by atoms with Crippen LogP contribution in [0.5, 0.6) is 0 Å². The van der Waals surface area contributed by atoms with Crippen molar-refractivity contribution in [2.45, 2.75) is 97.3 Å². The average Bonchev–Trinajstić information content (AvgIpc) is 3.42. The Hall–Kier alpha value is -2.71. The van der Waals surface area contributed by atoms with Crippen molar-refractivity contribution in [1.29, 1.82) is 0 Å². The zero-order valence-corrected chi connectivity index (χ0v) is 19.2. The fraction of sp³-hybridized carbons (Fsp3) is 0.682. The molecule has 1 aliphatic rings. The minimum atomic E-state index is -0.504. The third-order valence-corrected chi connectivity index (χ3v) is 5.40. The van der Waals surface area contributed by atoms with Gasteiger partial charge < -0.3 is 14.6 Å². The molecule has 0 aromatic carbocycles. The summed E-state index contributed by atoms with van der Waals surface area (Å²) >= 11 is 0. The van der Waals surface area contributed by atoms with Crippen molar-refractivity contribution in [3.8, 4) is 11.6 Å². The smallest absolute Gasteiger partial charge is 0.247 e. The topological polar surface area (TPSA) is 106 Å². The number of amides is 2. The first-order chi connectivity index (χ1) is 14.7. The van der Waals surface area contributed by atoms with E-state index in [4.69, 9.17) is 4.42 Å². The molecule has 2 heterocycles. The predicted molar refractivity (Wildman–Crippen MR) is 116 cm³/mol. The van der Waals surface area contributed by atoms with Gasteiger partial charge in [-0.3, -0.25) is 9.59 Å². The van der Waals surface area contributed by atoms with Crippen LogP contribution in [0.25, 0.3) is 11.6 Å². The normalized spacial score (nSPS) is 15.8. The minimum Gasteiger partial charge on any atom is -0.458 e. The Kier molecular flexibility index (Phi) is 7.12. The lowest BCUT2D eigenvalue weighted by Gasteiger charge is -2.37. The van der Waals surface area contributed by atoms with Gasteiger partial charge in [0.15, 0.2) is 5.76 Å². The molecule has 9 nitrogen and oxygen atoms in total. The number of hydrogen-bond acceptors (Lipinski definition) is 6. The molecule has 0 spiro atoms. The van der Waals surface area contributed by atoms with E-state index in [9.17, 15) is 9.59 Å². The monoisotopic (exact) mass is 430 g/mol. The van der Waals surface area contributed by atoms with E-state index in [2.05, 4.69) is 20.7 Å². The summed E-state index contributed by atoms with van der Waals surface area (Å²) < 4.78 is 5.54. The van der Waals surface area contributed by atoms with Crippen molar-refractivity contribution in [1.82, 2.24) is 30.4 Å². The maximum atomic E-state index is 13.4. The van der Waals surface area contributed by atoms with Gasteiger partial charge in [0.1, 0.15) is 18.3 Å². The number of carbonyl (C=O) groups excluding carboxylic acids is 2. The second-order valence-corrected chi connectivity index (χ2v) is 9.34. The lowest BCUT2D eigenvalue weighted by Crippen LogP contribution is -2.57. The van der Waals surface area contributed by atoms with Gasteiger partial charge in [-0.2, -0.15) is 4.80 Å². The molecule has 3 rings (SSSR count). The van der Waals surface area contributed by atoms with Gasteiger partial charge in [-0.25, -0.2) is 0 Å². The number of tetrazole rings is 1. The van der Waals surface area contributed by atoms with Gasteiger partial charge in [0.05, 0.1) is 0 Å². The van der Waals surface area contributed by atoms with Crippen molar-refractivity contribution in [2.24, 2.45) is 0 Å².